The van der Waals surface area contributed by atoms with Gasteiger partial charge in [-0.1, -0.05) is 39.2 Å². The van der Waals surface area contributed by atoms with Gasteiger partial charge in [-0.2, -0.15) is 0 Å². The topological polar surface area (TPSA) is 101 Å². The summed E-state index contributed by atoms with van der Waals surface area (Å²) >= 11 is 9.49. The number of carbonyl (C=O) groups is 4. The number of ketones is 2. The summed E-state index contributed by atoms with van der Waals surface area (Å²) in [6.45, 7) is 1.60. The molecule has 1 saturated heterocycles. The number of methoxy groups -OCH3 is 1. The number of phenolic OH excluding ortho intramolecular Hbond substituents is 1. The van der Waals surface area contributed by atoms with Gasteiger partial charge in [-0.3, -0.25) is 24.1 Å². The Bertz CT molecular complexity index is 1590. The number of aromatic hydroxyl groups is 1. The number of nitrogens with zero attached hydrogens (tertiary/aromatic N) is 1. The maximum absolute atomic E-state index is 13.9. The molecule has 0 saturated carbocycles. The van der Waals surface area contributed by atoms with Crippen molar-refractivity contribution in [1.29, 1.82) is 0 Å². The molecule has 7 nitrogen and oxygen atoms in total. The molecule has 4 unspecified atom stereocenters. The number of ether oxygens (including phenoxy) is 1. The number of allylic oxidation sites excluding steroid dienone is 6. The number of halogens is 2. The molecule has 1 fully saturated rings. The number of hydrogen-bond acceptors (Lipinski definition) is 6. The first-order valence-electron chi connectivity index (χ1n) is 12.5. The summed E-state index contributed by atoms with van der Waals surface area (Å²) < 4.78 is 6.00. The lowest BCUT2D eigenvalue weighted by Gasteiger charge is -2.42. The number of amides is 2. The van der Waals surface area contributed by atoms with Gasteiger partial charge in [0.1, 0.15) is 0 Å². The lowest BCUT2D eigenvalue weighted by atomic mass is 9.59. The van der Waals surface area contributed by atoms with Crippen LogP contribution in [-0.2, 0) is 19.2 Å². The Kier molecular flexibility index (Phi) is 6.15. The fourth-order valence-corrected chi connectivity index (χ4v) is 7.11. The SMILES string of the molecule is COc1cc(Br)cc(C2C3=CCC4C(=O)N(c5ccc(Cl)cc5)C(=O)C4C3CC3=C2C(=O)C(C)=CC3=O)c1O. The van der Waals surface area contributed by atoms with E-state index in [1.807, 2.05) is 6.08 Å². The maximum atomic E-state index is 13.9. The zero-order valence-electron chi connectivity index (χ0n) is 21.0. The molecule has 4 atom stereocenters. The summed E-state index contributed by atoms with van der Waals surface area (Å²) in [5, 5.41) is 11.7. The summed E-state index contributed by atoms with van der Waals surface area (Å²) in [5.74, 6) is -3.74. The van der Waals surface area contributed by atoms with Crippen molar-refractivity contribution in [3.05, 3.63) is 85.9 Å². The molecule has 39 heavy (non-hydrogen) atoms. The van der Waals surface area contributed by atoms with Crippen LogP contribution in [0.1, 0.15) is 31.2 Å². The van der Waals surface area contributed by atoms with Gasteiger partial charge in [0.05, 0.1) is 24.6 Å². The van der Waals surface area contributed by atoms with Gasteiger partial charge in [-0.15, -0.1) is 0 Å². The predicted molar refractivity (Wildman–Crippen MR) is 148 cm³/mol. The molecule has 9 heteroatoms. The molecule has 2 amide bonds. The first-order valence-corrected chi connectivity index (χ1v) is 13.7. The van der Waals surface area contributed by atoms with Gasteiger partial charge in [0.25, 0.3) is 0 Å². The van der Waals surface area contributed by atoms with Crippen molar-refractivity contribution in [2.45, 2.75) is 25.7 Å². The smallest absolute Gasteiger partial charge is 0.238 e. The standard InChI is InChI=1S/C30H23BrClNO6/c1-13-9-22(34)20-12-19-17(24(26(20)27(13)35)21-10-14(31)11-23(39-2)28(21)36)7-8-18-25(19)30(38)33(29(18)37)16-5-3-15(32)4-6-16/h3-7,9-11,18-19,24-25,36H,8,12H2,1-2H3. The monoisotopic (exact) mass is 607 g/mol. The van der Waals surface area contributed by atoms with Gasteiger partial charge in [0.2, 0.25) is 11.8 Å². The van der Waals surface area contributed by atoms with E-state index in [4.69, 9.17) is 16.3 Å². The van der Waals surface area contributed by atoms with Gasteiger partial charge in [-0.05, 0) is 68.2 Å². The van der Waals surface area contributed by atoms with E-state index in [1.54, 1.807) is 43.3 Å². The fourth-order valence-electron chi connectivity index (χ4n) is 6.53. The third-order valence-corrected chi connectivity index (χ3v) is 8.96. The quantitative estimate of drug-likeness (QED) is 0.283. The summed E-state index contributed by atoms with van der Waals surface area (Å²) in [6.07, 6.45) is 3.70. The lowest BCUT2D eigenvalue weighted by molar-refractivity contribution is -0.123. The molecule has 0 spiro atoms. The first kappa shape index (κ1) is 25.8. The zero-order chi connectivity index (χ0) is 27.7. The van der Waals surface area contributed by atoms with Crippen LogP contribution in [0, 0.1) is 17.8 Å². The largest absolute Gasteiger partial charge is 0.504 e. The molecule has 3 aliphatic carbocycles. The minimum Gasteiger partial charge on any atom is -0.504 e. The number of imide groups is 1. The molecule has 1 heterocycles. The Labute approximate surface area is 237 Å². The summed E-state index contributed by atoms with van der Waals surface area (Å²) in [6, 6.07) is 9.84. The normalized spacial score (nSPS) is 26.2. The van der Waals surface area contributed by atoms with Crippen molar-refractivity contribution < 1.29 is 29.0 Å². The van der Waals surface area contributed by atoms with Crippen LogP contribution in [0.25, 0.3) is 0 Å². The van der Waals surface area contributed by atoms with E-state index < -0.39 is 23.7 Å². The molecular weight excluding hydrogens is 586 g/mol. The molecule has 2 aromatic carbocycles. The van der Waals surface area contributed by atoms with Crippen LogP contribution < -0.4 is 9.64 Å². The van der Waals surface area contributed by atoms with Crippen LogP contribution in [0.15, 0.2) is 75.3 Å². The van der Waals surface area contributed by atoms with E-state index in [9.17, 15) is 24.3 Å². The molecule has 6 rings (SSSR count). The van der Waals surface area contributed by atoms with E-state index in [1.165, 1.54) is 18.1 Å². The molecule has 0 aromatic heterocycles. The van der Waals surface area contributed by atoms with Gasteiger partial charge in [0.15, 0.2) is 23.1 Å². The van der Waals surface area contributed by atoms with Crippen molar-refractivity contribution in [1.82, 2.24) is 0 Å². The van der Waals surface area contributed by atoms with Crippen LogP contribution >= 0.6 is 27.5 Å². The molecule has 0 bridgehead atoms. The predicted octanol–water partition coefficient (Wildman–Crippen LogP) is 5.45. The molecule has 1 N–H and O–H groups in total. The van der Waals surface area contributed by atoms with Crippen LogP contribution in [-0.4, -0.2) is 35.6 Å². The number of phenols is 1. The highest BCUT2D eigenvalue weighted by molar-refractivity contribution is 9.10. The summed E-state index contributed by atoms with van der Waals surface area (Å²) in [7, 11) is 1.43. The molecular formula is C30H23BrClNO6. The van der Waals surface area contributed by atoms with Crippen molar-refractivity contribution >= 4 is 56.6 Å². The van der Waals surface area contributed by atoms with Crippen molar-refractivity contribution in [2.24, 2.45) is 17.8 Å². The molecule has 4 aliphatic rings. The third kappa shape index (κ3) is 3.84. The fraction of sp³-hybridized carbons (Fsp3) is 0.267. The number of rotatable bonds is 3. The number of fused-ring (bicyclic) bond motifs is 3. The average molecular weight is 609 g/mol. The van der Waals surface area contributed by atoms with E-state index in [-0.39, 0.29) is 41.3 Å². The van der Waals surface area contributed by atoms with Crippen molar-refractivity contribution in [2.75, 3.05) is 12.0 Å². The lowest BCUT2D eigenvalue weighted by Crippen LogP contribution is -2.39. The molecule has 1 aliphatic heterocycles. The second-order valence-corrected chi connectivity index (χ2v) is 11.6. The number of carbonyl (C=O) groups excluding carboxylic acids is 4. The average Bonchev–Trinajstić information content (AvgIpc) is 3.17. The summed E-state index contributed by atoms with van der Waals surface area (Å²) in [5.41, 5.74) is 2.53. The number of Topliss-reactive ketones (excluding diaryl/α,β-unsaturated/α-hetero) is 1. The van der Waals surface area contributed by atoms with E-state index in [0.29, 0.717) is 43.9 Å². The number of anilines is 1. The third-order valence-electron chi connectivity index (χ3n) is 8.25. The summed E-state index contributed by atoms with van der Waals surface area (Å²) in [4.78, 5) is 55.5. The number of hydrogen-bond donors (Lipinski definition) is 1. The van der Waals surface area contributed by atoms with Crippen LogP contribution in [0.4, 0.5) is 5.69 Å². The molecule has 2 aromatic rings. The van der Waals surface area contributed by atoms with Gasteiger partial charge >= 0.3 is 0 Å². The second-order valence-electron chi connectivity index (χ2n) is 10.3. The maximum Gasteiger partial charge on any atom is 0.238 e. The van der Waals surface area contributed by atoms with Crippen LogP contribution in [0.3, 0.4) is 0 Å². The molecule has 198 valence electrons. The Hall–Kier alpha value is -3.49. The highest BCUT2D eigenvalue weighted by atomic mass is 79.9. The van der Waals surface area contributed by atoms with Crippen molar-refractivity contribution in [3.8, 4) is 11.5 Å². The first-order chi connectivity index (χ1) is 18.6. The molecule has 0 radical (unpaired) electrons. The minimum absolute atomic E-state index is 0.148. The van der Waals surface area contributed by atoms with Gasteiger partial charge in [0, 0.05) is 37.7 Å². The Morgan fingerprint density at radius 3 is 2.46 bits per heavy atom. The zero-order valence-corrected chi connectivity index (χ0v) is 23.4. The second kappa shape index (κ2) is 9.31. The van der Waals surface area contributed by atoms with E-state index in [2.05, 4.69) is 15.9 Å². The Balaban J connectivity index is 1.52. The van der Waals surface area contributed by atoms with Crippen molar-refractivity contribution in [3.63, 3.8) is 0 Å². The Morgan fingerprint density at radius 2 is 1.77 bits per heavy atom. The highest BCUT2D eigenvalue weighted by Gasteiger charge is 2.57. The van der Waals surface area contributed by atoms with Gasteiger partial charge < -0.3 is 9.84 Å². The number of benzene rings is 2. The Morgan fingerprint density at radius 1 is 1.05 bits per heavy atom. The van der Waals surface area contributed by atoms with E-state index in [0.717, 1.165) is 5.57 Å². The van der Waals surface area contributed by atoms with Crippen LogP contribution in [0.5, 0.6) is 11.5 Å². The highest BCUT2D eigenvalue weighted by Crippen LogP contribution is 2.57. The van der Waals surface area contributed by atoms with Gasteiger partial charge in [-0.25, -0.2) is 0 Å². The minimum atomic E-state index is -0.779. The van der Waals surface area contributed by atoms with Crippen LogP contribution in [0.2, 0.25) is 5.02 Å². The van der Waals surface area contributed by atoms with E-state index >= 15 is 0 Å².